The van der Waals surface area contributed by atoms with Gasteiger partial charge in [0.15, 0.2) is 6.39 Å². The van der Waals surface area contributed by atoms with Crippen molar-refractivity contribution in [2.45, 2.75) is 32.5 Å². The number of fused-ring (bicyclic) bond motifs is 2. The van der Waals surface area contributed by atoms with E-state index in [-0.39, 0.29) is 6.04 Å². The molecule has 7 heteroatoms. The molecule has 168 valence electrons. The van der Waals surface area contributed by atoms with Gasteiger partial charge in [0.05, 0.1) is 24.5 Å². The Morgan fingerprint density at radius 2 is 2.03 bits per heavy atom. The molecule has 3 aromatic heterocycles. The molecule has 4 heterocycles. The minimum absolute atomic E-state index is 0.219. The van der Waals surface area contributed by atoms with Gasteiger partial charge in [0.1, 0.15) is 5.76 Å². The van der Waals surface area contributed by atoms with Gasteiger partial charge >= 0.3 is 0 Å². The lowest BCUT2D eigenvalue weighted by molar-refractivity contribution is 0.0470. The van der Waals surface area contributed by atoms with Crippen LogP contribution in [0.3, 0.4) is 0 Å². The van der Waals surface area contributed by atoms with Crippen molar-refractivity contribution in [3.05, 3.63) is 72.7 Å². The highest BCUT2D eigenvalue weighted by molar-refractivity contribution is 5.98. The molecule has 0 bridgehead atoms. The molecule has 1 saturated heterocycles. The summed E-state index contributed by atoms with van der Waals surface area (Å²) in [6.07, 6.45) is 7.31. The molecule has 1 aliphatic heterocycles. The maximum Gasteiger partial charge on any atom is 0.180 e. The third kappa shape index (κ3) is 3.63. The maximum absolute atomic E-state index is 5.61. The minimum Gasteiger partial charge on any atom is -0.447 e. The molecule has 5 aromatic rings. The van der Waals surface area contributed by atoms with Crippen LogP contribution in [-0.2, 0) is 6.54 Å². The lowest BCUT2D eigenvalue weighted by atomic mass is 9.92. The van der Waals surface area contributed by atoms with E-state index in [9.17, 15) is 0 Å². The Hall–Kier alpha value is -3.42. The van der Waals surface area contributed by atoms with Crippen molar-refractivity contribution in [3.63, 3.8) is 0 Å². The zero-order chi connectivity index (χ0) is 22.4. The Labute approximate surface area is 192 Å². The van der Waals surface area contributed by atoms with Crippen molar-refractivity contribution in [2.24, 2.45) is 0 Å². The van der Waals surface area contributed by atoms with Crippen LogP contribution in [0.5, 0.6) is 0 Å². The van der Waals surface area contributed by atoms with E-state index < -0.39 is 0 Å². The lowest BCUT2D eigenvalue weighted by Crippen LogP contribution is -2.50. The summed E-state index contributed by atoms with van der Waals surface area (Å²) < 4.78 is 5.61. The van der Waals surface area contributed by atoms with Gasteiger partial charge in [0, 0.05) is 54.2 Å². The van der Waals surface area contributed by atoms with Crippen LogP contribution in [0.4, 0.5) is 0 Å². The number of nitrogens with zero attached hydrogens (tertiary/aromatic N) is 4. The highest BCUT2D eigenvalue weighted by atomic mass is 16.3. The van der Waals surface area contributed by atoms with Crippen molar-refractivity contribution in [1.29, 1.82) is 0 Å². The van der Waals surface area contributed by atoms with Crippen molar-refractivity contribution in [2.75, 3.05) is 19.6 Å². The first kappa shape index (κ1) is 20.2. The van der Waals surface area contributed by atoms with E-state index >= 15 is 0 Å². The van der Waals surface area contributed by atoms with E-state index in [2.05, 4.69) is 80.2 Å². The monoisotopic (exact) mass is 440 g/mol. The molecule has 6 rings (SSSR count). The molecule has 2 aromatic carbocycles. The highest BCUT2D eigenvalue weighted by Crippen LogP contribution is 2.37. The number of oxazole rings is 1. The summed E-state index contributed by atoms with van der Waals surface area (Å²) in [6.45, 7) is 8.27. The standard InChI is InChI=1S/C26H28N6O/c1-17(2)31-8-9-32(14-19-12-27-16-33-19)26(15-31)22-10-18(11-25-23(22)13-29-30-25)20-4-3-5-24-21(20)6-7-28-24/h3-7,10-13,16-17,26,28H,8-9,14-15H2,1-2H3,(H,29,30). The highest BCUT2D eigenvalue weighted by Gasteiger charge is 2.31. The molecule has 33 heavy (non-hydrogen) atoms. The predicted octanol–water partition coefficient (Wildman–Crippen LogP) is 4.97. The summed E-state index contributed by atoms with van der Waals surface area (Å²) in [5, 5.41) is 10.0. The molecule has 1 atom stereocenters. The second-order valence-corrected chi connectivity index (χ2v) is 9.18. The van der Waals surface area contributed by atoms with E-state index in [1.807, 2.05) is 18.6 Å². The van der Waals surface area contributed by atoms with Gasteiger partial charge in [-0.1, -0.05) is 12.1 Å². The second kappa shape index (κ2) is 8.17. The van der Waals surface area contributed by atoms with Crippen LogP contribution in [0.25, 0.3) is 32.9 Å². The minimum atomic E-state index is 0.219. The van der Waals surface area contributed by atoms with Crippen molar-refractivity contribution >= 4 is 21.8 Å². The molecule has 2 N–H and O–H groups in total. The van der Waals surface area contributed by atoms with Crippen molar-refractivity contribution in [3.8, 4) is 11.1 Å². The summed E-state index contributed by atoms with van der Waals surface area (Å²) in [5.74, 6) is 0.898. The Balaban J connectivity index is 1.49. The van der Waals surface area contributed by atoms with Gasteiger partial charge in [-0.2, -0.15) is 5.10 Å². The first-order valence-corrected chi connectivity index (χ1v) is 11.6. The van der Waals surface area contributed by atoms with Crippen LogP contribution in [-0.4, -0.2) is 55.6 Å². The quantitative estimate of drug-likeness (QED) is 0.404. The molecule has 0 radical (unpaired) electrons. The van der Waals surface area contributed by atoms with Gasteiger partial charge in [-0.25, -0.2) is 4.98 Å². The number of piperazine rings is 1. The lowest BCUT2D eigenvalue weighted by Gasteiger charge is -2.43. The number of benzene rings is 2. The van der Waals surface area contributed by atoms with Crippen molar-refractivity contribution in [1.82, 2.24) is 30.0 Å². The van der Waals surface area contributed by atoms with E-state index in [1.54, 1.807) is 0 Å². The van der Waals surface area contributed by atoms with Gasteiger partial charge in [0.2, 0.25) is 0 Å². The van der Waals surface area contributed by atoms with Gasteiger partial charge in [-0.05, 0) is 54.8 Å². The fraction of sp³-hybridized carbons (Fsp3) is 0.308. The Bertz CT molecular complexity index is 1380. The fourth-order valence-corrected chi connectivity index (χ4v) is 5.16. The summed E-state index contributed by atoms with van der Waals surface area (Å²) in [4.78, 5) is 12.5. The molecular weight excluding hydrogens is 412 g/mol. The van der Waals surface area contributed by atoms with Gasteiger partial charge < -0.3 is 9.40 Å². The molecule has 7 nitrogen and oxygen atoms in total. The predicted molar refractivity (Wildman–Crippen MR) is 130 cm³/mol. The molecular formula is C26H28N6O. The zero-order valence-corrected chi connectivity index (χ0v) is 19.0. The third-order valence-electron chi connectivity index (χ3n) is 6.95. The molecule has 1 aliphatic rings. The van der Waals surface area contributed by atoms with Crippen LogP contribution < -0.4 is 0 Å². The topological polar surface area (TPSA) is 77.0 Å². The second-order valence-electron chi connectivity index (χ2n) is 9.18. The number of H-pyrrole nitrogens is 2. The van der Waals surface area contributed by atoms with Gasteiger partial charge in [-0.15, -0.1) is 0 Å². The van der Waals surface area contributed by atoms with Gasteiger partial charge in [-0.3, -0.25) is 14.9 Å². The number of hydrogen-bond acceptors (Lipinski definition) is 5. The smallest absolute Gasteiger partial charge is 0.180 e. The fourth-order valence-electron chi connectivity index (χ4n) is 5.16. The van der Waals surface area contributed by atoms with Crippen LogP contribution >= 0.6 is 0 Å². The van der Waals surface area contributed by atoms with E-state index in [1.165, 1.54) is 33.9 Å². The largest absolute Gasteiger partial charge is 0.447 e. The molecule has 0 aliphatic carbocycles. The van der Waals surface area contributed by atoms with Crippen LogP contribution in [0, 0.1) is 0 Å². The molecule has 0 amide bonds. The summed E-state index contributed by atoms with van der Waals surface area (Å²) in [6, 6.07) is 13.9. The van der Waals surface area contributed by atoms with E-state index in [0.29, 0.717) is 6.04 Å². The SMILES string of the molecule is CC(C)N1CCN(Cc2cnco2)C(c2cc(-c3cccc4[nH]ccc34)cc3[nH]ncc23)C1. The number of aromatic nitrogens is 4. The van der Waals surface area contributed by atoms with E-state index in [4.69, 9.17) is 4.42 Å². The van der Waals surface area contributed by atoms with Crippen LogP contribution in [0.2, 0.25) is 0 Å². The average Bonchev–Trinajstić information content (AvgIpc) is 3.59. The number of aromatic amines is 2. The molecule has 0 spiro atoms. The van der Waals surface area contributed by atoms with Crippen LogP contribution in [0.1, 0.15) is 31.2 Å². The first-order chi connectivity index (χ1) is 16.2. The normalized spacial score (nSPS) is 18.1. The Kier molecular flexibility index (Phi) is 5.00. The summed E-state index contributed by atoms with van der Waals surface area (Å²) in [5.41, 5.74) is 5.94. The maximum atomic E-state index is 5.61. The number of hydrogen-bond donors (Lipinski definition) is 2. The summed E-state index contributed by atoms with van der Waals surface area (Å²) >= 11 is 0. The molecule has 0 saturated carbocycles. The molecule has 1 unspecified atom stereocenters. The Morgan fingerprint density at radius 3 is 2.88 bits per heavy atom. The molecule has 1 fully saturated rings. The number of nitrogens with one attached hydrogen (secondary N) is 2. The summed E-state index contributed by atoms with van der Waals surface area (Å²) in [7, 11) is 0. The van der Waals surface area contributed by atoms with Crippen LogP contribution in [0.15, 0.2) is 65.8 Å². The number of rotatable bonds is 5. The third-order valence-corrected chi connectivity index (χ3v) is 6.95. The Morgan fingerprint density at radius 1 is 1.09 bits per heavy atom. The zero-order valence-electron chi connectivity index (χ0n) is 19.0. The first-order valence-electron chi connectivity index (χ1n) is 11.6. The van der Waals surface area contributed by atoms with Gasteiger partial charge in [0.25, 0.3) is 0 Å². The van der Waals surface area contributed by atoms with E-state index in [0.717, 1.165) is 43.0 Å². The van der Waals surface area contributed by atoms with Crippen molar-refractivity contribution < 1.29 is 4.42 Å². The average molecular weight is 441 g/mol.